The molecule has 12 heteroatoms. The summed E-state index contributed by atoms with van der Waals surface area (Å²) in [6.45, 7) is 4.41. The van der Waals surface area contributed by atoms with E-state index in [-0.39, 0.29) is 26.7 Å². The fourth-order valence-corrected chi connectivity index (χ4v) is 5.59. The van der Waals surface area contributed by atoms with Crippen LogP contribution < -0.4 is 14.2 Å². The van der Waals surface area contributed by atoms with E-state index in [2.05, 4.69) is 10.1 Å². The number of rotatable bonds is 9. The minimum atomic E-state index is -3.59. The lowest BCUT2D eigenvalue weighted by Crippen LogP contribution is -2.35. The molecule has 0 spiro atoms. The summed E-state index contributed by atoms with van der Waals surface area (Å²) in [5.74, 6) is 0.787. The molecule has 0 bridgehead atoms. The Morgan fingerprint density at radius 1 is 1.08 bits per heavy atom. The zero-order valence-electron chi connectivity index (χ0n) is 20.6. The van der Waals surface area contributed by atoms with E-state index in [1.165, 1.54) is 20.1 Å². The molecule has 0 fully saturated rings. The van der Waals surface area contributed by atoms with Crippen LogP contribution in [0.5, 0.6) is 17.2 Å². The number of hydrogen-bond acceptors (Lipinski definition) is 9. The summed E-state index contributed by atoms with van der Waals surface area (Å²) in [6.07, 6.45) is 2.15. The number of thioether (sulfide) groups is 1. The minimum absolute atomic E-state index is 0.0210. The van der Waals surface area contributed by atoms with E-state index in [1.54, 1.807) is 18.2 Å². The molecule has 0 atom stereocenters. The molecule has 0 aromatic heterocycles. The molecule has 1 amide bonds. The number of amidine groups is 2. The minimum Gasteiger partial charge on any atom is -0.493 e. The van der Waals surface area contributed by atoms with Crippen molar-refractivity contribution in [3.8, 4) is 17.2 Å². The van der Waals surface area contributed by atoms with Crippen LogP contribution in [-0.4, -0.2) is 60.8 Å². The van der Waals surface area contributed by atoms with Gasteiger partial charge in [0.05, 0.1) is 31.6 Å². The van der Waals surface area contributed by atoms with Gasteiger partial charge in [-0.3, -0.25) is 10.2 Å². The third-order valence-corrected chi connectivity index (χ3v) is 8.57. The topological polar surface area (TPSA) is 131 Å². The predicted octanol–water partition coefficient (Wildman–Crippen LogP) is 3.86. The Hall–Kier alpha value is -3.64. The SMILES string of the molecule is CCS(=O)(=O)C1=NN2C(=N)/C(=C/c3ccc(OCCCOc4ccccc4C)c(OC)c3)C(=O)N=C2S1. The number of carbonyl (C=O) groups excluding carboxylic acids is 1. The number of carbonyl (C=O) groups is 1. The summed E-state index contributed by atoms with van der Waals surface area (Å²) in [5.41, 5.74) is 1.63. The molecular weight excluding hydrogens is 516 g/mol. The maximum atomic E-state index is 12.6. The smallest absolute Gasteiger partial charge is 0.283 e. The summed E-state index contributed by atoms with van der Waals surface area (Å²) in [5, 5.41) is 13.5. The van der Waals surface area contributed by atoms with Gasteiger partial charge in [0.2, 0.25) is 19.4 Å². The molecule has 0 unspecified atom stereocenters. The van der Waals surface area contributed by atoms with Crippen LogP contribution in [0.3, 0.4) is 0 Å². The first-order valence-electron chi connectivity index (χ1n) is 11.5. The Morgan fingerprint density at radius 2 is 1.81 bits per heavy atom. The lowest BCUT2D eigenvalue weighted by Gasteiger charge is -2.20. The number of fused-ring (bicyclic) bond motifs is 1. The predicted molar refractivity (Wildman–Crippen MR) is 144 cm³/mol. The van der Waals surface area contributed by atoms with Crippen molar-refractivity contribution in [1.82, 2.24) is 5.01 Å². The van der Waals surface area contributed by atoms with E-state index in [0.29, 0.717) is 36.7 Å². The molecule has 2 heterocycles. The molecule has 10 nitrogen and oxygen atoms in total. The van der Waals surface area contributed by atoms with Crippen molar-refractivity contribution < 1.29 is 27.4 Å². The summed E-state index contributed by atoms with van der Waals surface area (Å²) in [6, 6.07) is 12.9. The first-order valence-corrected chi connectivity index (χ1v) is 13.9. The fourth-order valence-electron chi connectivity index (χ4n) is 3.43. The number of methoxy groups -OCH3 is 1. The van der Waals surface area contributed by atoms with Gasteiger partial charge in [-0.05, 0) is 54.1 Å². The number of sulfone groups is 1. The van der Waals surface area contributed by atoms with Crippen molar-refractivity contribution in [2.45, 2.75) is 20.3 Å². The highest BCUT2D eigenvalue weighted by atomic mass is 32.3. The fraction of sp³-hybridized carbons (Fsp3) is 0.280. The number of hydrazone groups is 1. The van der Waals surface area contributed by atoms with Gasteiger partial charge in [-0.1, -0.05) is 31.2 Å². The Balaban J connectivity index is 1.43. The summed E-state index contributed by atoms with van der Waals surface area (Å²) < 4.78 is 41.2. The van der Waals surface area contributed by atoms with E-state index >= 15 is 0 Å². The molecule has 2 aromatic carbocycles. The number of para-hydroxylation sites is 1. The van der Waals surface area contributed by atoms with Crippen LogP contribution in [0, 0.1) is 12.3 Å². The zero-order valence-corrected chi connectivity index (χ0v) is 22.2. The Morgan fingerprint density at radius 3 is 2.51 bits per heavy atom. The van der Waals surface area contributed by atoms with Crippen molar-refractivity contribution in [1.29, 1.82) is 5.41 Å². The maximum Gasteiger partial charge on any atom is 0.283 e. The lowest BCUT2D eigenvalue weighted by atomic mass is 10.1. The van der Waals surface area contributed by atoms with Crippen LogP contribution in [0.1, 0.15) is 24.5 Å². The van der Waals surface area contributed by atoms with Crippen LogP contribution in [0.4, 0.5) is 0 Å². The Kier molecular flexibility index (Phi) is 7.98. The number of nitrogens with zero attached hydrogens (tertiary/aromatic N) is 3. The molecule has 0 radical (unpaired) electrons. The Labute approximate surface area is 219 Å². The monoisotopic (exact) mass is 542 g/mol. The number of aryl methyl sites for hydroxylation is 1. The molecule has 0 aliphatic carbocycles. The first-order chi connectivity index (χ1) is 17.7. The molecule has 194 valence electrons. The number of nitrogens with one attached hydrogen (secondary N) is 1. The van der Waals surface area contributed by atoms with Crippen LogP contribution in [0.15, 0.2) is 58.1 Å². The van der Waals surface area contributed by atoms with E-state index in [0.717, 1.165) is 28.1 Å². The van der Waals surface area contributed by atoms with Gasteiger partial charge in [-0.25, -0.2) is 8.42 Å². The van der Waals surface area contributed by atoms with Gasteiger partial charge in [0.1, 0.15) is 5.75 Å². The van der Waals surface area contributed by atoms with E-state index in [4.69, 9.17) is 19.6 Å². The number of ether oxygens (including phenoxy) is 3. The van der Waals surface area contributed by atoms with Crippen molar-refractivity contribution in [3.05, 3.63) is 59.2 Å². The molecular formula is C25H26N4O6S2. The zero-order chi connectivity index (χ0) is 26.6. The van der Waals surface area contributed by atoms with Crippen LogP contribution >= 0.6 is 11.8 Å². The second kappa shape index (κ2) is 11.2. The van der Waals surface area contributed by atoms with Gasteiger partial charge in [0.25, 0.3) is 5.91 Å². The quantitative estimate of drug-likeness (QED) is 0.373. The van der Waals surface area contributed by atoms with Gasteiger partial charge < -0.3 is 14.2 Å². The van der Waals surface area contributed by atoms with Gasteiger partial charge in [-0.15, -0.1) is 5.10 Å². The normalized spacial score (nSPS) is 16.4. The lowest BCUT2D eigenvalue weighted by molar-refractivity contribution is -0.114. The average molecular weight is 543 g/mol. The molecule has 4 rings (SSSR count). The van der Waals surface area contributed by atoms with Gasteiger partial charge in [0, 0.05) is 6.42 Å². The van der Waals surface area contributed by atoms with Crippen LogP contribution in [0.25, 0.3) is 6.08 Å². The second-order valence-corrected chi connectivity index (χ2v) is 11.4. The average Bonchev–Trinajstić information content (AvgIpc) is 3.33. The van der Waals surface area contributed by atoms with Crippen molar-refractivity contribution in [2.75, 3.05) is 26.1 Å². The van der Waals surface area contributed by atoms with E-state index < -0.39 is 15.7 Å². The van der Waals surface area contributed by atoms with Crippen molar-refractivity contribution in [3.63, 3.8) is 0 Å². The standard InChI is InChI=1S/C25H26N4O6S2/c1-4-37(31,32)25-28-29-22(26)18(23(30)27-24(29)36-25)14-17-10-11-20(21(15-17)33-3)35-13-7-12-34-19-9-6-5-8-16(19)2/h5-6,8-11,14-15,26H,4,7,12-13H2,1-3H3/b18-14-,26-22?. The van der Waals surface area contributed by atoms with Crippen LogP contribution in [-0.2, 0) is 14.6 Å². The molecule has 0 saturated carbocycles. The molecule has 37 heavy (non-hydrogen) atoms. The molecule has 2 aliphatic rings. The number of hydrogen-bond donors (Lipinski definition) is 1. The van der Waals surface area contributed by atoms with E-state index in [1.807, 2.05) is 31.2 Å². The van der Waals surface area contributed by atoms with E-state index in [9.17, 15) is 13.2 Å². The third kappa shape index (κ3) is 5.86. The third-order valence-electron chi connectivity index (χ3n) is 5.48. The first kappa shape index (κ1) is 26.4. The number of aliphatic imine (C=N–C) groups is 1. The highest BCUT2D eigenvalue weighted by Crippen LogP contribution is 2.32. The van der Waals surface area contributed by atoms with Crippen molar-refractivity contribution in [2.24, 2.45) is 10.1 Å². The summed E-state index contributed by atoms with van der Waals surface area (Å²) in [7, 11) is -2.08. The van der Waals surface area contributed by atoms with Gasteiger partial charge in [-0.2, -0.15) is 10.0 Å². The maximum absolute atomic E-state index is 12.6. The number of amides is 1. The second-order valence-electron chi connectivity index (χ2n) is 8.02. The number of benzene rings is 2. The highest BCUT2D eigenvalue weighted by Gasteiger charge is 2.39. The summed E-state index contributed by atoms with van der Waals surface area (Å²) in [4.78, 5) is 16.5. The molecule has 2 aliphatic heterocycles. The van der Waals surface area contributed by atoms with Crippen molar-refractivity contribution >= 4 is 49.0 Å². The molecule has 1 N–H and O–H groups in total. The van der Waals surface area contributed by atoms with Gasteiger partial charge >= 0.3 is 0 Å². The highest BCUT2D eigenvalue weighted by molar-refractivity contribution is 8.42. The molecule has 2 aromatic rings. The van der Waals surface area contributed by atoms with Crippen LogP contribution in [0.2, 0.25) is 0 Å². The largest absolute Gasteiger partial charge is 0.493 e. The Bertz CT molecular complexity index is 1430. The molecule has 0 saturated heterocycles. The van der Waals surface area contributed by atoms with Gasteiger partial charge in [0.15, 0.2) is 17.3 Å². The summed E-state index contributed by atoms with van der Waals surface area (Å²) >= 11 is 0.764.